The Labute approximate surface area is 105 Å². The van der Waals surface area contributed by atoms with E-state index in [4.69, 9.17) is 4.74 Å². The summed E-state index contributed by atoms with van der Waals surface area (Å²) in [7, 11) is 0. The lowest BCUT2D eigenvalue weighted by Gasteiger charge is -2.15. The fourth-order valence-electron chi connectivity index (χ4n) is 1.94. The topological polar surface area (TPSA) is 9.23 Å². The molecule has 0 radical (unpaired) electrons. The summed E-state index contributed by atoms with van der Waals surface area (Å²) in [5.74, 6) is 2.55. The van der Waals surface area contributed by atoms with Crippen LogP contribution in [0.2, 0.25) is 0 Å². The van der Waals surface area contributed by atoms with Crippen molar-refractivity contribution in [3.63, 3.8) is 0 Å². The van der Waals surface area contributed by atoms with Crippen LogP contribution in [-0.4, -0.2) is 12.4 Å². The first-order chi connectivity index (χ1) is 7.58. The number of thiol groups is 1. The largest absolute Gasteiger partial charge is 0.494 e. The third-order valence-corrected chi connectivity index (χ3v) is 3.47. The molecular formula is C14H22OS. The van der Waals surface area contributed by atoms with Crippen molar-refractivity contribution in [2.75, 3.05) is 12.4 Å². The van der Waals surface area contributed by atoms with E-state index in [-0.39, 0.29) is 0 Å². The van der Waals surface area contributed by atoms with E-state index < -0.39 is 0 Å². The molecule has 1 atom stereocenters. The molecular weight excluding hydrogens is 216 g/mol. The van der Waals surface area contributed by atoms with Crippen LogP contribution in [0.5, 0.6) is 5.75 Å². The van der Waals surface area contributed by atoms with E-state index in [2.05, 4.69) is 45.5 Å². The second-order valence-electron chi connectivity index (χ2n) is 4.46. The highest BCUT2D eigenvalue weighted by Crippen LogP contribution is 2.24. The van der Waals surface area contributed by atoms with Gasteiger partial charge in [-0.2, -0.15) is 12.6 Å². The Hall–Kier alpha value is -0.630. The van der Waals surface area contributed by atoms with Crippen LogP contribution in [0.4, 0.5) is 0 Å². The molecule has 0 aliphatic rings. The minimum atomic E-state index is 0.624. The lowest BCUT2D eigenvalue weighted by Crippen LogP contribution is -2.05. The molecule has 0 fully saturated rings. The highest BCUT2D eigenvalue weighted by molar-refractivity contribution is 7.80. The molecule has 0 aliphatic carbocycles. The van der Waals surface area contributed by atoms with Gasteiger partial charge in [0.1, 0.15) is 5.75 Å². The van der Waals surface area contributed by atoms with Crippen molar-refractivity contribution in [3.8, 4) is 5.75 Å². The van der Waals surface area contributed by atoms with Gasteiger partial charge in [-0.15, -0.1) is 0 Å². The second kappa shape index (κ2) is 6.19. The van der Waals surface area contributed by atoms with Gasteiger partial charge in [0.15, 0.2) is 0 Å². The van der Waals surface area contributed by atoms with Crippen LogP contribution in [0, 0.1) is 19.8 Å². The molecule has 0 aromatic heterocycles. The quantitative estimate of drug-likeness (QED) is 0.767. The number of hydrogen-bond donors (Lipinski definition) is 1. The summed E-state index contributed by atoms with van der Waals surface area (Å²) < 4.78 is 5.54. The fraction of sp³-hybridized carbons (Fsp3) is 0.571. The minimum absolute atomic E-state index is 0.624. The standard InChI is InChI=1S/C14H22OS/c1-5-15-13-7-11(3)14(12(4)8-13)6-10(2)9-16/h7-8,10,16H,5-6,9H2,1-4H3. The van der Waals surface area contributed by atoms with Crippen LogP contribution in [0.15, 0.2) is 12.1 Å². The lowest BCUT2D eigenvalue weighted by atomic mass is 9.94. The number of ether oxygens (including phenoxy) is 1. The minimum Gasteiger partial charge on any atom is -0.494 e. The molecule has 1 aromatic carbocycles. The maximum Gasteiger partial charge on any atom is 0.119 e. The molecule has 16 heavy (non-hydrogen) atoms. The van der Waals surface area contributed by atoms with E-state index in [1.54, 1.807) is 0 Å². The third-order valence-electron chi connectivity index (χ3n) is 2.84. The number of aryl methyl sites for hydroxylation is 2. The van der Waals surface area contributed by atoms with Gasteiger partial charge in [0.2, 0.25) is 0 Å². The van der Waals surface area contributed by atoms with Gasteiger partial charge in [-0.05, 0) is 67.7 Å². The second-order valence-corrected chi connectivity index (χ2v) is 4.83. The molecule has 1 aromatic rings. The molecule has 0 spiro atoms. The van der Waals surface area contributed by atoms with Crippen molar-refractivity contribution >= 4 is 12.6 Å². The van der Waals surface area contributed by atoms with Crippen molar-refractivity contribution in [2.45, 2.75) is 34.1 Å². The maximum absolute atomic E-state index is 5.54. The molecule has 0 heterocycles. The van der Waals surface area contributed by atoms with Crippen molar-refractivity contribution in [3.05, 3.63) is 28.8 Å². The van der Waals surface area contributed by atoms with Gasteiger partial charge in [0.05, 0.1) is 6.61 Å². The summed E-state index contributed by atoms with van der Waals surface area (Å²) in [5, 5.41) is 0. The first-order valence-corrected chi connectivity index (χ1v) is 6.55. The van der Waals surface area contributed by atoms with E-state index in [9.17, 15) is 0 Å². The molecule has 1 unspecified atom stereocenters. The fourth-order valence-corrected chi connectivity index (χ4v) is 2.07. The predicted molar refractivity (Wildman–Crippen MR) is 73.8 cm³/mol. The van der Waals surface area contributed by atoms with Gasteiger partial charge in [-0.1, -0.05) is 6.92 Å². The summed E-state index contributed by atoms with van der Waals surface area (Å²) in [4.78, 5) is 0. The van der Waals surface area contributed by atoms with E-state index in [1.807, 2.05) is 6.92 Å². The number of hydrogen-bond acceptors (Lipinski definition) is 2. The zero-order chi connectivity index (χ0) is 12.1. The predicted octanol–water partition coefficient (Wildman–Crippen LogP) is 3.81. The Bertz CT molecular complexity index is 324. The van der Waals surface area contributed by atoms with Crippen LogP contribution in [0.1, 0.15) is 30.5 Å². The molecule has 2 heteroatoms. The average molecular weight is 238 g/mol. The van der Waals surface area contributed by atoms with E-state index in [1.165, 1.54) is 16.7 Å². The lowest BCUT2D eigenvalue weighted by molar-refractivity contribution is 0.339. The van der Waals surface area contributed by atoms with Crippen LogP contribution in [0.25, 0.3) is 0 Å². The molecule has 0 saturated carbocycles. The van der Waals surface area contributed by atoms with Gasteiger partial charge < -0.3 is 4.74 Å². The Balaban J connectivity index is 2.93. The van der Waals surface area contributed by atoms with Crippen molar-refractivity contribution in [2.24, 2.45) is 5.92 Å². The highest BCUT2D eigenvalue weighted by Gasteiger charge is 2.09. The van der Waals surface area contributed by atoms with Gasteiger partial charge >= 0.3 is 0 Å². The van der Waals surface area contributed by atoms with Gasteiger partial charge in [-0.25, -0.2) is 0 Å². The first kappa shape index (κ1) is 13.4. The van der Waals surface area contributed by atoms with Gasteiger partial charge in [0, 0.05) is 0 Å². The van der Waals surface area contributed by atoms with Crippen molar-refractivity contribution in [1.82, 2.24) is 0 Å². The Morgan fingerprint density at radius 2 is 1.81 bits per heavy atom. The molecule has 0 amide bonds. The molecule has 1 nitrogen and oxygen atoms in total. The smallest absolute Gasteiger partial charge is 0.119 e. The SMILES string of the molecule is CCOc1cc(C)c(CC(C)CS)c(C)c1. The third kappa shape index (κ3) is 3.44. The summed E-state index contributed by atoms with van der Waals surface area (Å²) in [5.41, 5.74) is 4.11. The van der Waals surface area contributed by atoms with Crippen LogP contribution < -0.4 is 4.74 Å². The number of benzene rings is 1. The summed E-state index contributed by atoms with van der Waals surface area (Å²) in [6.07, 6.45) is 1.10. The van der Waals surface area contributed by atoms with Gasteiger partial charge in [0.25, 0.3) is 0 Å². The Kier molecular flexibility index (Phi) is 5.20. The monoisotopic (exact) mass is 238 g/mol. The molecule has 1 rings (SSSR count). The highest BCUT2D eigenvalue weighted by atomic mass is 32.1. The molecule has 0 saturated heterocycles. The van der Waals surface area contributed by atoms with Crippen LogP contribution >= 0.6 is 12.6 Å². The Morgan fingerprint density at radius 3 is 2.25 bits per heavy atom. The molecule has 0 aliphatic heterocycles. The van der Waals surface area contributed by atoms with Crippen LogP contribution in [0.3, 0.4) is 0 Å². The average Bonchev–Trinajstić information content (AvgIpc) is 2.23. The van der Waals surface area contributed by atoms with E-state index in [0.29, 0.717) is 5.92 Å². The van der Waals surface area contributed by atoms with E-state index in [0.717, 1.165) is 24.5 Å². The molecule has 0 N–H and O–H groups in total. The maximum atomic E-state index is 5.54. The van der Waals surface area contributed by atoms with Crippen molar-refractivity contribution < 1.29 is 4.74 Å². The van der Waals surface area contributed by atoms with E-state index >= 15 is 0 Å². The molecule has 0 bridgehead atoms. The summed E-state index contributed by atoms with van der Waals surface area (Å²) in [6, 6.07) is 4.27. The van der Waals surface area contributed by atoms with Gasteiger partial charge in [-0.3, -0.25) is 0 Å². The zero-order valence-electron chi connectivity index (χ0n) is 10.7. The summed E-state index contributed by atoms with van der Waals surface area (Å²) >= 11 is 4.34. The Morgan fingerprint density at radius 1 is 1.25 bits per heavy atom. The van der Waals surface area contributed by atoms with Crippen LogP contribution in [-0.2, 0) is 6.42 Å². The number of rotatable bonds is 5. The molecule has 90 valence electrons. The normalized spacial score (nSPS) is 12.6. The zero-order valence-corrected chi connectivity index (χ0v) is 11.6. The first-order valence-electron chi connectivity index (χ1n) is 5.92. The van der Waals surface area contributed by atoms with Crippen molar-refractivity contribution in [1.29, 1.82) is 0 Å². The summed E-state index contributed by atoms with van der Waals surface area (Å²) in [6.45, 7) is 9.31.